The van der Waals surface area contributed by atoms with E-state index in [4.69, 9.17) is 5.10 Å². The van der Waals surface area contributed by atoms with Crippen molar-refractivity contribution in [3.05, 3.63) is 72.5 Å². The smallest absolute Gasteiger partial charge is 0.159 e. The highest BCUT2D eigenvalue weighted by molar-refractivity contribution is 5.89. The van der Waals surface area contributed by atoms with E-state index in [0.717, 1.165) is 42.0 Å². The number of aryl methyl sites for hydroxylation is 1. The fourth-order valence-electron chi connectivity index (χ4n) is 3.33. The van der Waals surface area contributed by atoms with E-state index in [2.05, 4.69) is 59.3 Å². The van der Waals surface area contributed by atoms with Gasteiger partial charge in [-0.25, -0.2) is 15.0 Å². The molecule has 3 aromatic rings. The zero-order chi connectivity index (χ0) is 20.2. The van der Waals surface area contributed by atoms with Crippen molar-refractivity contribution < 1.29 is 0 Å². The molecule has 0 bridgehead atoms. The molecule has 0 saturated carbocycles. The van der Waals surface area contributed by atoms with Gasteiger partial charge in [0.15, 0.2) is 5.82 Å². The molecule has 0 saturated heterocycles. The van der Waals surface area contributed by atoms with Gasteiger partial charge < -0.3 is 0 Å². The van der Waals surface area contributed by atoms with Gasteiger partial charge in [0, 0.05) is 49.8 Å². The summed E-state index contributed by atoms with van der Waals surface area (Å²) in [7, 11) is 1.91. The third-order valence-corrected chi connectivity index (χ3v) is 5.25. The number of aromatic nitrogens is 4. The van der Waals surface area contributed by atoms with E-state index >= 15 is 0 Å². The first-order valence-electron chi connectivity index (χ1n) is 10.0. The van der Waals surface area contributed by atoms with Crippen LogP contribution in [0.1, 0.15) is 43.7 Å². The molecule has 148 valence electrons. The second-order valence-electron chi connectivity index (χ2n) is 7.50. The molecule has 1 aliphatic heterocycles. The van der Waals surface area contributed by atoms with Gasteiger partial charge >= 0.3 is 0 Å². The van der Waals surface area contributed by atoms with Gasteiger partial charge in [-0.2, -0.15) is 10.2 Å². The Hall–Kier alpha value is -3.28. The molecule has 1 unspecified atom stereocenters. The lowest BCUT2D eigenvalue weighted by atomic mass is 10.0. The van der Waals surface area contributed by atoms with Gasteiger partial charge in [-0.05, 0) is 29.5 Å². The van der Waals surface area contributed by atoms with Crippen LogP contribution >= 0.6 is 0 Å². The summed E-state index contributed by atoms with van der Waals surface area (Å²) in [5.74, 6) is 1.25. The SMILES string of the molecule is CCC(C)c1cnc(-c2cccc(CC3=NN(c4cnn(C)c4)C=CC3)c2)nc1. The Kier molecular flexibility index (Phi) is 5.51. The van der Waals surface area contributed by atoms with Crippen LogP contribution in [0.15, 0.2) is 66.4 Å². The van der Waals surface area contributed by atoms with Crippen LogP contribution in [0.5, 0.6) is 0 Å². The van der Waals surface area contributed by atoms with Crippen LogP contribution in [0.3, 0.4) is 0 Å². The average Bonchev–Trinajstić information content (AvgIpc) is 3.20. The maximum Gasteiger partial charge on any atom is 0.159 e. The zero-order valence-electron chi connectivity index (χ0n) is 17.2. The number of anilines is 1. The van der Waals surface area contributed by atoms with E-state index in [1.807, 2.05) is 43.0 Å². The molecule has 0 amide bonds. The lowest BCUT2D eigenvalue weighted by molar-refractivity contribution is 0.725. The first-order valence-corrected chi connectivity index (χ1v) is 10.0. The molecule has 0 fully saturated rings. The zero-order valence-corrected chi connectivity index (χ0v) is 17.2. The molecule has 0 N–H and O–H groups in total. The number of hydrazone groups is 1. The largest absolute Gasteiger partial charge is 0.274 e. The van der Waals surface area contributed by atoms with Gasteiger partial charge in [-0.1, -0.05) is 38.1 Å². The Balaban J connectivity index is 1.51. The Morgan fingerprint density at radius 1 is 1.14 bits per heavy atom. The third kappa shape index (κ3) is 4.42. The Bertz CT molecular complexity index is 1030. The quantitative estimate of drug-likeness (QED) is 0.615. The minimum atomic E-state index is 0.482. The van der Waals surface area contributed by atoms with Crippen molar-refractivity contribution in [2.75, 3.05) is 5.01 Å². The summed E-state index contributed by atoms with van der Waals surface area (Å²) in [6.45, 7) is 4.38. The molecule has 6 heteroatoms. The predicted molar refractivity (Wildman–Crippen MR) is 117 cm³/mol. The van der Waals surface area contributed by atoms with Crippen LogP contribution in [-0.2, 0) is 13.5 Å². The van der Waals surface area contributed by atoms with Crippen molar-refractivity contribution in [3.63, 3.8) is 0 Å². The van der Waals surface area contributed by atoms with E-state index < -0.39 is 0 Å². The first kappa shape index (κ1) is 19.1. The fourth-order valence-corrected chi connectivity index (χ4v) is 3.33. The molecule has 6 nitrogen and oxygen atoms in total. The number of hydrogen-bond donors (Lipinski definition) is 0. The molecule has 1 atom stereocenters. The van der Waals surface area contributed by atoms with Crippen molar-refractivity contribution in [2.24, 2.45) is 12.1 Å². The first-order chi connectivity index (χ1) is 14.1. The minimum absolute atomic E-state index is 0.482. The fraction of sp³-hybridized carbons (Fsp3) is 0.304. The van der Waals surface area contributed by atoms with Crippen LogP contribution in [0.25, 0.3) is 11.4 Å². The Morgan fingerprint density at radius 3 is 2.69 bits per heavy atom. The standard InChI is InChI=1S/C23H26N6/c1-4-17(2)20-13-24-23(25-14-20)19-8-5-7-18(11-19)12-21-9-6-10-29(27-21)22-15-26-28(3)16-22/h5-8,10-11,13-17H,4,9,12H2,1-3H3. The van der Waals surface area contributed by atoms with Crippen LogP contribution in [-0.4, -0.2) is 25.5 Å². The summed E-state index contributed by atoms with van der Waals surface area (Å²) in [6, 6.07) is 8.42. The van der Waals surface area contributed by atoms with E-state index in [0.29, 0.717) is 5.92 Å². The van der Waals surface area contributed by atoms with Crippen LogP contribution < -0.4 is 5.01 Å². The van der Waals surface area contributed by atoms with Crippen LogP contribution in [0.4, 0.5) is 5.69 Å². The van der Waals surface area contributed by atoms with Gasteiger partial charge in [0.1, 0.15) is 5.69 Å². The topological polar surface area (TPSA) is 59.2 Å². The highest BCUT2D eigenvalue weighted by atomic mass is 15.5. The molecule has 3 heterocycles. The van der Waals surface area contributed by atoms with E-state index in [-0.39, 0.29) is 0 Å². The van der Waals surface area contributed by atoms with Gasteiger partial charge in [0.25, 0.3) is 0 Å². The Labute approximate surface area is 171 Å². The lowest BCUT2D eigenvalue weighted by Crippen LogP contribution is -2.17. The maximum absolute atomic E-state index is 4.78. The van der Waals surface area contributed by atoms with Crippen molar-refractivity contribution in [1.82, 2.24) is 19.7 Å². The molecular formula is C23H26N6. The van der Waals surface area contributed by atoms with Crippen LogP contribution in [0.2, 0.25) is 0 Å². The summed E-state index contributed by atoms with van der Waals surface area (Å²) in [6.07, 6.45) is 14.5. The van der Waals surface area contributed by atoms with Crippen molar-refractivity contribution in [1.29, 1.82) is 0 Å². The minimum Gasteiger partial charge on any atom is -0.274 e. The highest BCUT2D eigenvalue weighted by Gasteiger charge is 2.12. The summed E-state index contributed by atoms with van der Waals surface area (Å²) in [4.78, 5) is 9.18. The van der Waals surface area contributed by atoms with E-state index in [1.54, 1.807) is 4.68 Å². The molecule has 4 rings (SSSR count). The number of allylic oxidation sites excluding steroid dienone is 1. The lowest BCUT2D eigenvalue weighted by Gasteiger charge is -2.18. The molecule has 2 aromatic heterocycles. The second-order valence-corrected chi connectivity index (χ2v) is 7.50. The van der Waals surface area contributed by atoms with Crippen molar-refractivity contribution in [2.45, 2.75) is 39.0 Å². The van der Waals surface area contributed by atoms with Gasteiger partial charge in [0.05, 0.1) is 12.4 Å². The number of rotatable bonds is 6. The second kappa shape index (κ2) is 8.39. The summed E-state index contributed by atoms with van der Waals surface area (Å²) in [5, 5.41) is 10.9. The van der Waals surface area contributed by atoms with E-state index in [1.165, 1.54) is 11.1 Å². The third-order valence-electron chi connectivity index (χ3n) is 5.25. The summed E-state index contributed by atoms with van der Waals surface area (Å²) < 4.78 is 1.78. The summed E-state index contributed by atoms with van der Waals surface area (Å²) >= 11 is 0. The summed E-state index contributed by atoms with van der Waals surface area (Å²) in [5.41, 5.74) is 5.50. The van der Waals surface area contributed by atoms with Crippen molar-refractivity contribution >= 4 is 11.4 Å². The number of benzene rings is 1. The average molecular weight is 387 g/mol. The molecule has 1 aliphatic rings. The molecule has 0 radical (unpaired) electrons. The molecular weight excluding hydrogens is 360 g/mol. The molecule has 0 aliphatic carbocycles. The van der Waals surface area contributed by atoms with E-state index in [9.17, 15) is 0 Å². The number of hydrogen-bond acceptors (Lipinski definition) is 5. The normalized spacial score (nSPS) is 14.7. The van der Waals surface area contributed by atoms with Gasteiger partial charge in [-0.15, -0.1) is 0 Å². The highest BCUT2D eigenvalue weighted by Crippen LogP contribution is 2.22. The monoisotopic (exact) mass is 386 g/mol. The van der Waals surface area contributed by atoms with Crippen molar-refractivity contribution in [3.8, 4) is 11.4 Å². The van der Waals surface area contributed by atoms with Gasteiger partial charge in [0.2, 0.25) is 0 Å². The molecule has 29 heavy (non-hydrogen) atoms. The maximum atomic E-state index is 4.78. The predicted octanol–water partition coefficient (Wildman–Crippen LogP) is 4.71. The van der Waals surface area contributed by atoms with Gasteiger partial charge in [-0.3, -0.25) is 4.68 Å². The van der Waals surface area contributed by atoms with Crippen LogP contribution in [0, 0.1) is 0 Å². The molecule has 1 aromatic carbocycles. The Morgan fingerprint density at radius 2 is 1.97 bits per heavy atom. The number of nitrogens with zero attached hydrogens (tertiary/aromatic N) is 6. The molecule has 0 spiro atoms.